The van der Waals surface area contributed by atoms with Crippen LogP contribution < -0.4 is 5.56 Å². The summed E-state index contributed by atoms with van der Waals surface area (Å²) in [5.41, 5.74) is 0.744. The third kappa shape index (κ3) is 3.56. The van der Waals surface area contributed by atoms with E-state index < -0.39 is 5.56 Å². The van der Waals surface area contributed by atoms with Crippen LogP contribution in [-0.4, -0.2) is 30.7 Å². The molecule has 0 aliphatic rings. The zero-order valence-electron chi connectivity index (χ0n) is 14.3. The summed E-state index contributed by atoms with van der Waals surface area (Å²) in [6.07, 6.45) is 3.18. The first kappa shape index (κ1) is 18.4. The number of aromatic nitrogens is 4. The Balaban J connectivity index is 1.59. The van der Waals surface area contributed by atoms with Gasteiger partial charge in [0.25, 0.3) is 0 Å². The number of carbonyl (C=O) groups is 1. The monoisotopic (exact) mass is 414 g/mol. The predicted octanol–water partition coefficient (Wildman–Crippen LogP) is 3.65. The molecule has 4 aromatic rings. The Hall–Kier alpha value is -2.97. The van der Waals surface area contributed by atoms with Crippen molar-refractivity contribution in [3.63, 3.8) is 0 Å². The van der Waals surface area contributed by atoms with Crippen LogP contribution in [0.25, 0.3) is 11.3 Å². The SMILES string of the molecule is O=C(CSc1nnc2c(=O)n(-c3ccc(F)cc3)ccn12)c1cccc(Cl)c1. The Kier molecular flexibility index (Phi) is 4.97. The normalized spacial score (nSPS) is 11.1. The van der Waals surface area contributed by atoms with Gasteiger partial charge in [-0.25, -0.2) is 4.39 Å². The molecule has 28 heavy (non-hydrogen) atoms. The average Bonchev–Trinajstić information content (AvgIpc) is 3.11. The minimum atomic E-state index is -0.394. The van der Waals surface area contributed by atoms with Gasteiger partial charge >= 0.3 is 5.56 Å². The molecule has 0 aliphatic heterocycles. The summed E-state index contributed by atoms with van der Waals surface area (Å²) in [5, 5.41) is 8.87. The van der Waals surface area contributed by atoms with Crippen molar-refractivity contribution < 1.29 is 9.18 Å². The fourth-order valence-electron chi connectivity index (χ4n) is 2.64. The number of rotatable bonds is 5. The molecular weight excluding hydrogens is 403 g/mol. The van der Waals surface area contributed by atoms with Crippen molar-refractivity contribution in [3.8, 4) is 5.69 Å². The van der Waals surface area contributed by atoms with E-state index in [-0.39, 0.29) is 23.0 Å². The summed E-state index contributed by atoms with van der Waals surface area (Å²) in [7, 11) is 0. The third-order valence-electron chi connectivity index (χ3n) is 4.02. The Bertz CT molecular complexity index is 1240. The lowest BCUT2D eigenvalue weighted by Crippen LogP contribution is -2.20. The first-order valence-electron chi connectivity index (χ1n) is 8.17. The molecule has 6 nitrogen and oxygen atoms in total. The summed E-state index contributed by atoms with van der Waals surface area (Å²) in [4.78, 5) is 25.0. The minimum Gasteiger partial charge on any atom is -0.293 e. The molecular formula is C19H12ClFN4O2S. The molecule has 0 N–H and O–H groups in total. The smallest absolute Gasteiger partial charge is 0.293 e. The average molecular weight is 415 g/mol. The van der Waals surface area contributed by atoms with E-state index in [9.17, 15) is 14.0 Å². The van der Waals surface area contributed by atoms with Crippen molar-refractivity contribution in [1.29, 1.82) is 0 Å². The van der Waals surface area contributed by atoms with Crippen LogP contribution in [0, 0.1) is 5.82 Å². The van der Waals surface area contributed by atoms with Crippen molar-refractivity contribution in [2.45, 2.75) is 5.16 Å². The summed E-state index contributed by atoms with van der Waals surface area (Å²) >= 11 is 7.09. The van der Waals surface area contributed by atoms with Crippen LogP contribution in [0.15, 0.2) is 70.9 Å². The lowest BCUT2D eigenvalue weighted by Gasteiger charge is -2.06. The summed E-state index contributed by atoms with van der Waals surface area (Å²) in [5.74, 6) is -0.366. The van der Waals surface area contributed by atoms with Gasteiger partial charge in [0.15, 0.2) is 10.9 Å². The standard InChI is InChI=1S/C19H12ClFN4O2S/c20-13-3-1-2-12(10-13)16(26)11-28-19-23-22-17-18(27)24(8-9-25(17)19)15-6-4-14(21)5-7-15/h1-10H,11H2. The van der Waals surface area contributed by atoms with Crippen molar-refractivity contribution in [2.75, 3.05) is 5.75 Å². The number of benzene rings is 2. The molecule has 0 saturated carbocycles. The zero-order chi connectivity index (χ0) is 19.7. The van der Waals surface area contributed by atoms with Crippen LogP contribution in [-0.2, 0) is 0 Å². The molecule has 0 aliphatic carbocycles. The molecule has 0 radical (unpaired) electrons. The molecule has 0 fully saturated rings. The summed E-state index contributed by atoms with van der Waals surface area (Å²) in [6, 6.07) is 12.3. The maximum atomic E-state index is 13.1. The van der Waals surface area contributed by atoms with Crippen LogP contribution in [0.1, 0.15) is 10.4 Å². The fourth-order valence-corrected chi connectivity index (χ4v) is 3.65. The molecule has 4 rings (SSSR count). The highest BCUT2D eigenvalue weighted by molar-refractivity contribution is 7.99. The van der Waals surface area contributed by atoms with Crippen LogP contribution in [0.5, 0.6) is 0 Å². The van der Waals surface area contributed by atoms with Gasteiger partial charge < -0.3 is 0 Å². The van der Waals surface area contributed by atoms with E-state index >= 15 is 0 Å². The third-order valence-corrected chi connectivity index (χ3v) is 5.20. The van der Waals surface area contributed by atoms with Gasteiger partial charge in [0.1, 0.15) is 5.82 Å². The number of hydrogen-bond donors (Lipinski definition) is 0. The highest BCUT2D eigenvalue weighted by Gasteiger charge is 2.14. The molecule has 0 bridgehead atoms. The summed E-state index contributed by atoms with van der Waals surface area (Å²) < 4.78 is 16.0. The van der Waals surface area contributed by atoms with Gasteiger partial charge in [0.2, 0.25) is 5.65 Å². The predicted molar refractivity (Wildman–Crippen MR) is 105 cm³/mol. The number of carbonyl (C=O) groups excluding carboxylic acids is 1. The number of fused-ring (bicyclic) bond motifs is 1. The molecule has 0 amide bonds. The van der Waals surface area contributed by atoms with Crippen LogP contribution in [0.4, 0.5) is 4.39 Å². The minimum absolute atomic E-state index is 0.107. The molecule has 0 saturated heterocycles. The van der Waals surface area contributed by atoms with Crippen molar-refractivity contribution >= 4 is 34.8 Å². The van der Waals surface area contributed by atoms with Crippen LogP contribution in [0.3, 0.4) is 0 Å². The second kappa shape index (κ2) is 7.57. The molecule has 0 spiro atoms. The van der Waals surface area contributed by atoms with Crippen molar-refractivity contribution in [1.82, 2.24) is 19.2 Å². The van der Waals surface area contributed by atoms with E-state index in [1.165, 1.54) is 45.0 Å². The zero-order valence-corrected chi connectivity index (χ0v) is 15.8. The van der Waals surface area contributed by atoms with Gasteiger partial charge in [0.05, 0.1) is 5.75 Å². The quantitative estimate of drug-likeness (QED) is 0.368. The number of ketones is 1. The lowest BCUT2D eigenvalue weighted by molar-refractivity contribution is 0.102. The fraction of sp³-hybridized carbons (Fsp3) is 0.0526. The van der Waals surface area contributed by atoms with E-state index in [1.807, 2.05) is 0 Å². The Morgan fingerprint density at radius 1 is 1.11 bits per heavy atom. The van der Waals surface area contributed by atoms with E-state index in [0.29, 0.717) is 21.4 Å². The van der Waals surface area contributed by atoms with Gasteiger partial charge in [-0.2, -0.15) is 0 Å². The maximum absolute atomic E-state index is 13.1. The molecule has 2 aromatic heterocycles. The van der Waals surface area contributed by atoms with Gasteiger partial charge in [-0.3, -0.25) is 18.6 Å². The molecule has 140 valence electrons. The van der Waals surface area contributed by atoms with E-state index in [4.69, 9.17) is 11.6 Å². The lowest BCUT2D eigenvalue weighted by atomic mass is 10.1. The largest absolute Gasteiger partial charge is 0.300 e. The highest BCUT2D eigenvalue weighted by atomic mass is 35.5. The molecule has 2 heterocycles. The first-order chi connectivity index (χ1) is 13.5. The molecule has 0 atom stereocenters. The molecule has 0 unspecified atom stereocenters. The Morgan fingerprint density at radius 3 is 2.64 bits per heavy atom. The Morgan fingerprint density at radius 2 is 1.89 bits per heavy atom. The molecule has 9 heteroatoms. The van der Waals surface area contributed by atoms with Gasteiger partial charge in [-0.15, -0.1) is 10.2 Å². The highest BCUT2D eigenvalue weighted by Crippen LogP contribution is 2.19. The van der Waals surface area contributed by atoms with Gasteiger partial charge in [-0.05, 0) is 36.4 Å². The van der Waals surface area contributed by atoms with Crippen LogP contribution >= 0.6 is 23.4 Å². The van der Waals surface area contributed by atoms with Gasteiger partial charge in [-0.1, -0.05) is 35.5 Å². The number of thioether (sulfide) groups is 1. The van der Waals surface area contributed by atoms with Gasteiger partial charge in [0, 0.05) is 28.7 Å². The number of Topliss-reactive ketones (excluding diaryl/α,β-unsaturated/α-hetero) is 1. The first-order valence-corrected chi connectivity index (χ1v) is 9.53. The second-order valence-electron chi connectivity index (χ2n) is 5.85. The maximum Gasteiger partial charge on any atom is 0.300 e. The number of halogens is 2. The Labute approximate surface area is 167 Å². The summed E-state index contributed by atoms with van der Waals surface area (Å²) in [6.45, 7) is 0. The topological polar surface area (TPSA) is 69.3 Å². The molecule has 2 aromatic carbocycles. The van der Waals surface area contributed by atoms with Crippen molar-refractivity contribution in [2.24, 2.45) is 0 Å². The van der Waals surface area contributed by atoms with E-state index in [2.05, 4.69) is 10.2 Å². The number of hydrogen-bond acceptors (Lipinski definition) is 5. The second-order valence-corrected chi connectivity index (χ2v) is 7.23. The number of nitrogens with zero attached hydrogens (tertiary/aromatic N) is 4. The van der Waals surface area contributed by atoms with E-state index in [1.54, 1.807) is 36.7 Å². The van der Waals surface area contributed by atoms with Crippen molar-refractivity contribution in [3.05, 3.63) is 87.7 Å². The van der Waals surface area contributed by atoms with Crippen LogP contribution in [0.2, 0.25) is 5.02 Å². The van der Waals surface area contributed by atoms with E-state index in [0.717, 1.165) is 0 Å².